The number of hydrogen-bond donors (Lipinski definition) is 2. The third kappa shape index (κ3) is 3.62. The topological polar surface area (TPSA) is 48.1 Å². The zero-order valence-corrected chi connectivity index (χ0v) is 12.3. The molecule has 0 radical (unpaired) electrons. The van der Waals surface area contributed by atoms with Crippen LogP contribution in [0, 0.1) is 0 Å². The number of aromatic amines is 1. The molecule has 0 aliphatic heterocycles. The minimum atomic E-state index is -0.153. The summed E-state index contributed by atoms with van der Waals surface area (Å²) in [4.78, 5) is 16.9. The number of rotatable bonds is 5. The Morgan fingerprint density at radius 1 is 1.35 bits per heavy atom. The number of H-pyrrole nitrogens is 1. The van der Waals surface area contributed by atoms with Crippen LogP contribution in [0.25, 0.3) is 0 Å². The molecule has 5 heteroatoms. The van der Waals surface area contributed by atoms with E-state index in [0.29, 0.717) is 17.3 Å². The second kappa shape index (κ2) is 6.59. The Morgan fingerprint density at radius 2 is 2.05 bits per heavy atom. The van der Waals surface area contributed by atoms with Gasteiger partial charge in [0.25, 0.3) is 5.91 Å². The molecule has 2 rings (SSSR count). The standard InChI is InChI=1S/C15H18ClN3O/c1-19(2)14(11-6-4-3-5-7-11)10-18-15(20)13-8-12(16)9-17-13/h3-9,14,17H,10H2,1-2H3,(H,18,20). The average Bonchev–Trinajstić information content (AvgIpc) is 2.86. The summed E-state index contributed by atoms with van der Waals surface area (Å²) < 4.78 is 0. The Balaban J connectivity index is 2.01. The fourth-order valence-corrected chi connectivity index (χ4v) is 2.22. The van der Waals surface area contributed by atoms with Gasteiger partial charge in [-0.1, -0.05) is 41.9 Å². The zero-order valence-electron chi connectivity index (χ0n) is 11.6. The van der Waals surface area contributed by atoms with E-state index >= 15 is 0 Å². The number of aromatic nitrogens is 1. The highest BCUT2D eigenvalue weighted by Gasteiger charge is 2.16. The Labute approximate surface area is 123 Å². The molecule has 0 saturated carbocycles. The van der Waals surface area contributed by atoms with E-state index in [0.717, 1.165) is 0 Å². The van der Waals surface area contributed by atoms with Gasteiger partial charge in [0.15, 0.2) is 0 Å². The zero-order chi connectivity index (χ0) is 14.5. The predicted molar refractivity (Wildman–Crippen MR) is 81.0 cm³/mol. The van der Waals surface area contributed by atoms with Gasteiger partial charge < -0.3 is 15.2 Å². The first kappa shape index (κ1) is 14.6. The molecule has 4 nitrogen and oxygen atoms in total. The maximum Gasteiger partial charge on any atom is 0.267 e. The molecule has 1 unspecified atom stereocenters. The summed E-state index contributed by atoms with van der Waals surface area (Å²) in [6, 6.07) is 11.8. The molecule has 1 aromatic carbocycles. The monoisotopic (exact) mass is 291 g/mol. The lowest BCUT2D eigenvalue weighted by Crippen LogP contribution is -2.34. The predicted octanol–water partition coefficient (Wildman–Crippen LogP) is 2.70. The van der Waals surface area contributed by atoms with Crippen molar-refractivity contribution in [1.82, 2.24) is 15.2 Å². The molecule has 0 saturated heterocycles. The number of nitrogens with one attached hydrogen (secondary N) is 2. The quantitative estimate of drug-likeness (QED) is 0.890. The van der Waals surface area contributed by atoms with Crippen molar-refractivity contribution in [2.75, 3.05) is 20.6 Å². The lowest BCUT2D eigenvalue weighted by atomic mass is 10.1. The van der Waals surface area contributed by atoms with Gasteiger partial charge >= 0.3 is 0 Å². The van der Waals surface area contributed by atoms with Crippen molar-refractivity contribution in [2.24, 2.45) is 0 Å². The van der Waals surface area contributed by atoms with E-state index in [9.17, 15) is 4.79 Å². The fraction of sp³-hybridized carbons (Fsp3) is 0.267. The molecule has 0 bridgehead atoms. The Hall–Kier alpha value is -1.78. The largest absolute Gasteiger partial charge is 0.356 e. The number of benzene rings is 1. The molecule has 0 spiro atoms. The van der Waals surface area contributed by atoms with E-state index in [1.165, 1.54) is 5.56 Å². The molecule has 1 aromatic heterocycles. The van der Waals surface area contributed by atoms with Crippen LogP contribution in [0.4, 0.5) is 0 Å². The first-order chi connectivity index (χ1) is 9.58. The van der Waals surface area contributed by atoms with Crippen LogP contribution in [0.1, 0.15) is 22.1 Å². The first-order valence-electron chi connectivity index (χ1n) is 6.41. The highest BCUT2D eigenvalue weighted by molar-refractivity contribution is 6.30. The summed E-state index contributed by atoms with van der Waals surface area (Å²) in [6.45, 7) is 0.534. The minimum absolute atomic E-state index is 0.130. The second-order valence-corrected chi connectivity index (χ2v) is 5.27. The molecular weight excluding hydrogens is 274 g/mol. The lowest BCUT2D eigenvalue weighted by molar-refractivity contribution is 0.0937. The van der Waals surface area contributed by atoms with Gasteiger partial charge in [-0.05, 0) is 25.7 Å². The van der Waals surface area contributed by atoms with Crippen LogP contribution in [-0.2, 0) is 0 Å². The van der Waals surface area contributed by atoms with Crippen LogP contribution in [-0.4, -0.2) is 36.4 Å². The number of hydrogen-bond acceptors (Lipinski definition) is 2. The van der Waals surface area contributed by atoms with Gasteiger partial charge in [-0.3, -0.25) is 4.79 Å². The van der Waals surface area contributed by atoms with Crippen LogP contribution in [0.3, 0.4) is 0 Å². The van der Waals surface area contributed by atoms with Gasteiger partial charge in [-0.15, -0.1) is 0 Å². The summed E-state index contributed by atoms with van der Waals surface area (Å²) in [5.74, 6) is -0.153. The molecule has 1 atom stereocenters. The summed E-state index contributed by atoms with van der Waals surface area (Å²) in [7, 11) is 3.99. The highest BCUT2D eigenvalue weighted by Crippen LogP contribution is 2.17. The van der Waals surface area contributed by atoms with E-state index in [4.69, 9.17) is 11.6 Å². The van der Waals surface area contributed by atoms with E-state index in [-0.39, 0.29) is 11.9 Å². The third-order valence-corrected chi connectivity index (χ3v) is 3.37. The summed E-state index contributed by atoms with van der Waals surface area (Å²) >= 11 is 5.79. The Morgan fingerprint density at radius 3 is 2.60 bits per heavy atom. The molecule has 0 aliphatic carbocycles. The first-order valence-corrected chi connectivity index (χ1v) is 6.79. The van der Waals surface area contributed by atoms with E-state index < -0.39 is 0 Å². The molecule has 0 aliphatic rings. The molecular formula is C15H18ClN3O. The summed E-state index contributed by atoms with van der Waals surface area (Å²) in [5.41, 5.74) is 1.64. The van der Waals surface area contributed by atoms with Crippen molar-refractivity contribution in [2.45, 2.75) is 6.04 Å². The summed E-state index contributed by atoms with van der Waals surface area (Å²) in [5, 5.41) is 3.45. The number of carbonyl (C=O) groups is 1. The van der Waals surface area contributed by atoms with Crippen molar-refractivity contribution in [1.29, 1.82) is 0 Å². The van der Waals surface area contributed by atoms with Gasteiger partial charge in [0.1, 0.15) is 5.69 Å². The van der Waals surface area contributed by atoms with Crippen molar-refractivity contribution in [3.8, 4) is 0 Å². The molecule has 1 amide bonds. The van der Waals surface area contributed by atoms with Crippen molar-refractivity contribution in [3.05, 3.63) is 58.9 Å². The maximum absolute atomic E-state index is 12.0. The number of halogens is 1. The smallest absolute Gasteiger partial charge is 0.267 e. The molecule has 0 fully saturated rings. The van der Waals surface area contributed by atoms with Gasteiger partial charge in [-0.25, -0.2) is 0 Å². The third-order valence-electron chi connectivity index (χ3n) is 3.16. The van der Waals surface area contributed by atoms with Crippen LogP contribution in [0.2, 0.25) is 5.02 Å². The molecule has 1 heterocycles. The highest BCUT2D eigenvalue weighted by atomic mass is 35.5. The lowest BCUT2D eigenvalue weighted by Gasteiger charge is -2.25. The van der Waals surface area contributed by atoms with Gasteiger partial charge in [-0.2, -0.15) is 0 Å². The fourth-order valence-electron chi connectivity index (χ4n) is 2.06. The van der Waals surface area contributed by atoms with Gasteiger partial charge in [0.05, 0.1) is 11.1 Å². The number of likely N-dealkylation sites (N-methyl/N-ethyl adjacent to an activating group) is 1. The van der Waals surface area contributed by atoms with E-state index in [1.54, 1.807) is 12.3 Å². The van der Waals surface area contributed by atoms with Crippen LogP contribution in [0.15, 0.2) is 42.6 Å². The number of nitrogens with zero attached hydrogens (tertiary/aromatic N) is 1. The normalized spacial score (nSPS) is 12.4. The molecule has 20 heavy (non-hydrogen) atoms. The molecule has 2 aromatic rings. The van der Waals surface area contributed by atoms with Crippen LogP contribution < -0.4 is 5.32 Å². The average molecular weight is 292 g/mol. The molecule has 106 valence electrons. The van der Waals surface area contributed by atoms with Gasteiger partial charge in [0, 0.05) is 12.7 Å². The maximum atomic E-state index is 12.0. The summed E-state index contributed by atoms with van der Waals surface area (Å²) in [6.07, 6.45) is 1.59. The van der Waals surface area contributed by atoms with E-state index in [1.807, 2.05) is 32.3 Å². The van der Waals surface area contributed by atoms with E-state index in [2.05, 4.69) is 27.3 Å². The molecule has 2 N–H and O–H groups in total. The van der Waals surface area contributed by atoms with Gasteiger partial charge in [0.2, 0.25) is 0 Å². The van der Waals surface area contributed by atoms with Crippen molar-refractivity contribution < 1.29 is 4.79 Å². The number of carbonyl (C=O) groups excluding carboxylic acids is 1. The Bertz CT molecular complexity index is 566. The van der Waals surface area contributed by atoms with Crippen LogP contribution >= 0.6 is 11.6 Å². The van der Waals surface area contributed by atoms with Crippen molar-refractivity contribution >= 4 is 17.5 Å². The second-order valence-electron chi connectivity index (χ2n) is 4.83. The Kier molecular flexibility index (Phi) is 4.82. The van der Waals surface area contributed by atoms with Crippen LogP contribution in [0.5, 0.6) is 0 Å². The van der Waals surface area contributed by atoms with Crippen molar-refractivity contribution in [3.63, 3.8) is 0 Å². The SMILES string of the molecule is CN(C)C(CNC(=O)c1cc(Cl)c[nH]1)c1ccccc1. The minimum Gasteiger partial charge on any atom is -0.356 e. The number of amides is 1.